The molecule has 130 valence electrons. The van der Waals surface area contributed by atoms with Gasteiger partial charge in [-0.15, -0.1) is 0 Å². The third-order valence-corrected chi connectivity index (χ3v) is 3.21. The molecule has 1 aromatic heterocycles. The number of carbonyl (C=O) groups excluding carboxylic acids is 2. The first-order valence-corrected chi connectivity index (χ1v) is 6.93. The number of para-hydroxylation sites is 1. The van der Waals surface area contributed by atoms with Crippen molar-refractivity contribution in [1.82, 2.24) is 10.6 Å². The average Bonchev–Trinajstić information content (AvgIpc) is 2.94. The summed E-state index contributed by atoms with van der Waals surface area (Å²) in [6.45, 7) is -0.678. The van der Waals surface area contributed by atoms with Crippen molar-refractivity contribution < 1.29 is 32.3 Å². The van der Waals surface area contributed by atoms with Gasteiger partial charge in [0.2, 0.25) is 0 Å². The number of nitrogens with one attached hydrogen (secondary N) is 2. The van der Waals surface area contributed by atoms with E-state index in [-0.39, 0.29) is 5.76 Å². The van der Waals surface area contributed by atoms with Crippen molar-refractivity contribution >= 4 is 22.8 Å². The number of halogens is 3. The van der Waals surface area contributed by atoms with Crippen LogP contribution in [0.5, 0.6) is 0 Å². The van der Waals surface area contributed by atoms with Crippen LogP contribution in [0.2, 0.25) is 0 Å². The van der Waals surface area contributed by atoms with Gasteiger partial charge in [0.15, 0.2) is 0 Å². The van der Waals surface area contributed by atoms with Crippen LogP contribution in [-0.2, 0) is 15.2 Å². The highest BCUT2D eigenvalue weighted by atomic mass is 19.4. The molecule has 1 heterocycles. The molecule has 0 aliphatic heterocycles. The third-order valence-electron chi connectivity index (χ3n) is 3.21. The molecule has 2 rings (SSSR count). The number of furan rings is 1. The van der Waals surface area contributed by atoms with E-state index in [0.717, 1.165) is 5.39 Å². The lowest BCUT2D eigenvalue weighted by molar-refractivity contribution is -0.146. The van der Waals surface area contributed by atoms with E-state index >= 15 is 0 Å². The Hall–Kier alpha value is -2.55. The number of alkyl halides is 3. The van der Waals surface area contributed by atoms with Crippen LogP contribution in [0.15, 0.2) is 34.7 Å². The highest BCUT2D eigenvalue weighted by Crippen LogP contribution is 2.27. The van der Waals surface area contributed by atoms with Gasteiger partial charge >= 0.3 is 18.0 Å². The largest absolute Gasteiger partial charge is 0.458 e. The van der Waals surface area contributed by atoms with Crippen molar-refractivity contribution in [2.75, 3.05) is 13.1 Å². The van der Waals surface area contributed by atoms with Crippen molar-refractivity contribution in [2.24, 2.45) is 0 Å². The molecule has 0 fully saturated rings. The standard InChI is InChI=1S/C15H15F3N2O4/c1-14(23,11-6-9-4-2-3-5-10(9)24-11)7-19-12(21)13(22)20-8-15(16,17)18/h2-6,23H,7-8H2,1H3,(H,19,21)(H,20,22). The van der Waals surface area contributed by atoms with Crippen LogP contribution in [0.3, 0.4) is 0 Å². The maximum absolute atomic E-state index is 12.0. The molecule has 2 aromatic rings. The summed E-state index contributed by atoms with van der Waals surface area (Å²) >= 11 is 0. The normalized spacial score (nSPS) is 14.2. The van der Waals surface area contributed by atoms with Gasteiger partial charge in [-0.1, -0.05) is 18.2 Å². The summed E-state index contributed by atoms with van der Waals surface area (Å²) in [7, 11) is 0. The molecule has 24 heavy (non-hydrogen) atoms. The van der Waals surface area contributed by atoms with Crippen molar-refractivity contribution in [2.45, 2.75) is 18.7 Å². The van der Waals surface area contributed by atoms with Gasteiger partial charge in [-0.2, -0.15) is 13.2 Å². The fraction of sp³-hybridized carbons (Fsp3) is 0.333. The summed E-state index contributed by atoms with van der Waals surface area (Å²) in [5.74, 6) is -2.57. The molecular formula is C15H15F3N2O4. The zero-order chi connectivity index (χ0) is 18.0. The number of benzene rings is 1. The van der Waals surface area contributed by atoms with E-state index in [2.05, 4.69) is 5.32 Å². The first-order valence-electron chi connectivity index (χ1n) is 6.93. The second-order valence-electron chi connectivity index (χ2n) is 5.40. The fourth-order valence-corrected chi connectivity index (χ4v) is 1.93. The molecule has 0 aliphatic carbocycles. The number of hydrogen-bond donors (Lipinski definition) is 3. The number of amides is 2. The topological polar surface area (TPSA) is 91.6 Å². The summed E-state index contributed by atoms with van der Waals surface area (Å²) in [6, 6.07) is 8.56. The molecule has 3 N–H and O–H groups in total. The van der Waals surface area contributed by atoms with Gasteiger partial charge in [0.25, 0.3) is 0 Å². The van der Waals surface area contributed by atoms with Gasteiger partial charge in [0, 0.05) is 5.39 Å². The monoisotopic (exact) mass is 344 g/mol. The maximum Gasteiger partial charge on any atom is 0.405 e. The van der Waals surface area contributed by atoms with E-state index < -0.39 is 36.7 Å². The van der Waals surface area contributed by atoms with Crippen LogP contribution in [0, 0.1) is 0 Å². The lowest BCUT2D eigenvalue weighted by Gasteiger charge is -2.21. The van der Waals surface area contributed by atoms with Gasteiger partial charge in [-0.05, 0) is 19.1 Å². The molecule has 1 unspecified atom stereocenters. The Kier molecular flexibility index (Phi) is 4.83. The predicted octanol–water partition coefficient (Wildman–Crippen LogP) is 1.43. The molecule has 0 spiro atoms. The van der Waals surface area contributed by atoms with E-state index in [1.54, 1.807) is 30.3 Å². The Bertz CT molecular complexity index is 720. The number of hydrogen-bond acceptors (Lipinski definition) is 4. The van der Waals surface area contributed by atoms with Crippen LogP contribution in [0.25, 0.3) is 11.0 Å². The van der Waals surface area contributed by atoms with Crippen LogP contribution in [0.4, 0.5) is 13.2 Å². The first-order chi connectivity index (χ1) is 11.1. The minimum absolute atomic E-state index is 0.152. The minimum atomic E-state index is -4.62. The summed E-state index contributed by atoms with van der Waals surface area (Å²) < 4.78 is 41.4. The Labute approximate surface area is 134 Å². The minimum Gasteiger partial charge on any atom is -0.458 e. The van der Waals surface area contributed by atoms with E-state index in [4.69, 9.17) is 4.42 Å². The maximum atomic E-state index is 12.0. The molecule has 0 aliphatic rings. The zero-order valence-corrected chi connectivity index (χ0v) is 12.6. The number of carbonyl (C=O) groups is 2. The Morgan fingerprint density at radius 2 is 1.71 bits per heavy atom. The zero-order valence-electron chi connectivity index (χ0n) is 12.6. The molecule has 1 atom stereocenters. The Morgan fingerprint density at radius 3 is 2.29 bits per heavy atom. The predicted molar refractivity (Wildman–Crippen MR) is 77.9 cm³/mol. The van der Waals surface area contributed by atoms with Crippen LogP contribution in [-0.4, -0.2) is 36.2 Å². The third kappa shape index (κ3) is 4.48. The van der Waals surface area contributed by atoms with Gasteiger partial charge < -0.3 is 20.2 Å². The van der Waals surface area contributed by atoms with Gasteiger partial charge in [-0.3, -0.25) is 9.59 Å². The van der Waals surface area contributed by atoms with E-state index in [1.165, 1.54) is 12.2 Å². The van der Waals surface area contributed by atoms with Crippen LogP contribution >= 0.6 is 0 Å². The molecule has 2 amide bonds. The number of rotatable bonds is 4. The molecular weight excluding hydrogens is 329 g/mol. The molecule has 0 radical (unpaired) electrons. The average molecular weight is 344 g/mol. The highest BCUT2D eigenvalue weighted by Gasteiger charge is 2.31. The molecule has 6 nitrogen and oxygen atoms in total. The number of fused-ring (bicyclic) bond motifs is 1. The molecule has 0 bridgehead atoms. The van der Waals surface area contributed by atoms with E-state index in [9.17, 15) is 27.9 Å². The smallest absolute Gasteiger partial charge is 0.405 e. The van der Waals surface area contributed by atoms with Crippen LogP contribution in [0.1, 0.15) is 12.7 Å². The quantitative estimate of drug-likeness (QED) is 0.732. The van der Waals surface area contributed by atoms with Gasteiger partial charge in [-0.25, -0.2) is 0 Å². The van der Waals surface area contributed by atoms with Crippen LogP contribution < -0.4 is 10.6 Å². The van der Waals surface area contributed by atoms with Gasteiger partial charge in [0.05, 0.1) is 6.54 Å². The lowest BCUT2D eigenvalue weighted by Crippen LogP contribution is -2.47. The number of aliphatic hydroxyl groups is 1. The molecule has 0 saturated heterocycles. The van der Waals surface area contributed by atoms with Crippen molar-refractivity contribution in [3.63, 3.8) is 0 Å². The summed E-state index contributed by atoms with van der Waals surface area (Å²) in [4.78, 5) is 22.7. The second-order valence-corrected chi connectivity index (χ2v) is 5.40. The fourth-order valence-electron chi connectivity index (χ4n) is 1.93. The molecule has 0 saturated carbocycles. The van der Waals surface area contributed by atoms with E-state index in [1.807, 2.05) is 0 Å². The van der Waals surface area contributed by atoms with Crippen molar-refractivity contribution in [3.8, 4) is 0 Å². The second kappa shape index (κ2) is 6.52. The SMILES string of the molecule is CC(O)(CNC(=O)C(=O)NCC(F)(F)F)c1cc2ccccc2o1. The first kappa shape index (κ1) is 17.8. The summed E-state index contributed by atoms with van der Waals surface area (Å²) in [6.07, 6.45) is -4.62. The summed E-state index contributed by atoms with van der Waals surface area (Å²) in [5.41, 5.74) is -1.11. The molecule has 9 heteroatoms. The highest BCUT2D eigenvalue weighted by molar-refractivity contribution is 6.35. The van der Waals surface area contributed by atoms with Crippen molar-refractivity contribution in [1.29, 1.82) is 0 Å². The lowest BCUT2D eigenvalue weighted by atomic mass is 10.0. The van der Waals surface area contributed by atoms with Gasteiger partial charge in [0.1, 0.15) is 23.5 Å². The van der Waals surface area contributed by atoms with E-state index in [0.29, 0.717) is 5.58 Å². The Balaban J connectivity index is 1.96. The molecule has 1 aromatic carbocycles. The summed E-state index contributed by atoms with van der Waals surface area (Å²) in [5, 5.41) is 14.6. The Morgan fingerprint density at radius 1 is 1.12 bits per heavy atom. The van der Waals surface area contributed by atoms with Crippen molar-refractivity contribution in [3.05, 3.63) is 36.1 Å².